The Morgan fingerprint density at radius 1 is 0.531 bits per heavy atom. The van der Waals surface area contributed by atoms with Crippen LogP contribution in [0.4, 0.5) is 34.1 Å². The van der Waals surface area contributed by atoms with Gasteiger partial charge in [0.15, 0.2) is 0 Å². The smallest absolute Gasteiger partial charge is 1.00 e. The van der Waals surface area contributed by atoms with Gasteiger partial charge in [-0.3, -0.25) is 9.11 Å². The molecule has 0 amide bonds. The van der Waals surface area contributed by atoms with Gasteiger partial charge in [-0.15, -0.1) is 10.2 Å². The van der Waals surface area contributed by atoms with E-state index in [0.29, 0.717) is 22.1 Å². The monoisotopic (exact) mass is 704 g/mol. The summed E-state index contributed by atoms with van der Waals surface area (Å²) in [5.74, 6) is 0. The summed E-state index contributed by atoms with van der Waals surface area (Å²) >= 11 is 0. The summed E-state index contributed by atoms with van der Waals surface area (Å²) in [5, 5.41) is 18.4. The average molecular weight is 705 g/mol. The van der Waals surface area contributed by atoms with Crippen molar-refractivity contribution in [1.82, 2.24) is 0 Å². The van der Waals surface area contributed by atoms with Gasteiger partial charge >= 0.3 is 29.6 Å². The third kappa shape index (κ3) is 7.26. The predicted molar refractivity (Wildman–Crippen MR) is 187 cm³/mol. The number of nitrogens with zero attached hydrogens (tertiary/aromatic N) is 4. The summed E-state index contributed by atoms with van der Waals surface area (Å²) in [4.78, 5) is -0.621. The van der Waals surface area contributed by atoms with E-state index in [1.54, 1.807) is 60.7 Å². The maximum absolute atomic E-state index is 12.1. The molecule has 0 aromatic heterocycles. The zero-order valence-electron chi connectivity index (χ0n) is 27.5. The van der Waals surface area contributed by atoms with Gasteiger partial charge in [0, 0.05) is 21.5 Å². The van der Waals surface area contributed by atoms with E-state index in [9.17, 15) is 25.9 Å². The Morgan fingerprint density at radius 3 is 1.20 bits per heavy atom. The molecule has 0 radical (unpaired) electrons. The molecule has 0 bridgehead atoms. The molecule has 0 unspecified atom stereocenters. The summed E-state index contributed by atoms with van der Waals surface area (Å²) in [6, 6.07) is 26.4. The molecule has 49 heavy (non-hydrogen) atoms. The fraction of sp³-hybridized carbons (Fsp3) is 0.0588. The van der Waals surface area contributed by atoms with Gasteiger partial charge in [-0.2, -0.15) is 27.1 Å². The van der Waals surface area contributed by atoms with Crippen LogP contribution >= 0.6 is 0 Å². The van der Waals surface area contributed by atoms with Gasteiger partial charge in [-0.1, -0.05) is 60.7 Å². The number of benzene rings is 6. The second-order valence-electron chi connectivity index (χ2n) is 11.1. The van der Waals surface area contributed by atoms with Crippen molar-refractivity contribution in [2.75, 3.05) is 11.5 Å². The number of nitrogens with two attached hydrogens (primary N) is 2. The van der Waals surface area contributed by atoms with E-state index >= 15 is 0 Å². The van der Waals surface area contributed by atoms with Gasteiger partial charge in [0.05, 0.1) is 22.7 Å². The molecule has 15 heteroatoms. The quantitative estimate of drug-likeness (QED) is 0.0680. The van der Waals surface area contributed by atoms with Crippen LogP contribution in [0.5, 0.6) is 0 Å². The van der Waals surface area contributed by atoms with Crippen LogP contribution in [0.25, 0.3) is 32.7 Å². The molecule has 0 aliphatic heterocycles. The molecule has 0 aliphatic rings. The second kappa shape index (κ2) is 13.8. The molecular weight excluding hydrogens is 676 g/mol. The van der Waals surface area contributed by atoms with Crippen LogP contribution in [-0.4, -0.2) is 25.9 Å². The minimum atomic E-state index is -4.54. The van der Waals surface area contributed by atoms with E-state index in [1.807, 2.05) is 38.1 Å². The number of anilines is 2. The van der Waals surface area contributed by atoms with Crippen molar-refractivity contribution in [3.8, 4) is 11.1 Å². The van der Waals surface area contributed by atoms with Crippen molar-refractivity contribution in [3.63, 3.8) is 0 Å². The zero-order valence-corrected chi connectivity index (χ0v) is 30.2. The number of hydrogen-bond donors (Lipinski definition) is 4. The molecule has 244 valence electrons. The average Bonchev–Trinajstić information content (AvgIpc) is 3.03. The van der Waals surface area contributed by atoms with Crippen molar-refractivity contribution >= 4 is 75.9 Å². The Kier molecular flexibility index (Phi) is 10.0. The van der Waals surface area contributed by atoms with Crippen LogP contribution in [0.15, 0.2) is 127 Å². The van der Waals surface area contributed by atoms with Crippen molar-refractivity contribution in [2.45, 2.75) is 23.6 Å². The van der Waals surface area contributed by atoms with Crippen molar-refractivity contribution < 1.29 is 56.9 Å². The summed E-state index contributed by atoms with van der Waals surface area (Å²) < 4.78 is 67.8. The number of rotatable bonds is 7. The molecule has 6 aromatic rings. The van der Waals surface area contributed by atoms with E-state index in [4.69, 9.17) is 11.5 Å². The molecular formula is C34H29N6NaO6S2. The van der Waals surface area contributed by atoms with Crippen LogP contribution in [0, 0.1) is 13.8 Å². The molecule has 0 fully saturated rings. The maximum atomic E-state index is 12.1. The van der Waals surface area contributed by atoms with Gasteiger partial charge in [-0.25, -0.2) is 0 Å². The van der Waals surface area contributed by atoms with Gasteiger partial charge in [0.2, 0.25) is 0 Å². The largest absolute Gasteiger partial charge is 1.00 e. The molecule has 6 rings (SSSR count). The van der Waals surface area contributed by atoms with Crippen LogP contribution < -0.4 is 41.0 Å². The summed E-state index contributed by atoms with van der Waals surface area (Å²) in [6.07, 6.45) is 0. The Labute approximate surface area is 305 Å². The van der Waals surface area contributed by atoms with E-state index in [-0.39, 0.29) is 74.3 Å². The molecule has 0 saturated heterocycles. The molecule has 0 saturated carbocycles. The van der Waals surface area contributed by atoms with Crippen LogP contribution in [-0.2, 0) is 20.2 Å². The van der Waals surface area contributed by atoms with E-state index in [2.05, 4.69) is 20.5 Å². The normalized spacial score (nSPS) is 12.2. The fourth-order valence-electron chi connectivity index (χ4n) is 5.54. The van der Waals surface area contributed by atoms with Gasteiger partial charge in [0.25, 0.3) is 20.2 Å². The molecule has 6 aromatic carbocycles. The van der Waals surface area contributed by atoms with Crippen LogP contribution in [0.3, 0.4) is 0 Å². The Morgan fingerprint density at radius 2 is 0.878 bits per heavy atom. The Hall–Kier alpha value is -4.54. The standard InChI is InChI=1S/C34H28N6O6S2.Na.H/c1-19-15-21(37-39-29-17-31(47(41,42)43)25-7-3-5-9-27(25)33(29)35)11-13-23(19)24-14-12-22(16-20(24)2)38-40-30-18-32(48(44,45)46)26-8-4-6-10-28(26)34(30)36;;/h3-18H,35-36H2,1-2H3,(H,41,42,43)(H,44,45,46);;/q;+1;-1. The molecule has 0 heterocycles. The third-order valence-electron chi connectivity index (χ3n) is 7.87. The third-order valence-corrected chi connectivity index (χ3v) is 9.65. The number of azo groups is 2. The molecule has 0 spiro atoms. The first-order chi connectivity index (χ1) is 22.7. The first kappa shape index (κ1) is 35.8. The van der Waals surface area contributed by atoms with E-state index in [0.717, 1.165) is 22.3 Å². The van der Waals surface area contributed by atoms with E-state index < -0.39 is 20.2 Å². The second-order valence-corrected chi connectivity index (χ2v) is 13.8. The van der Waals surface area contributed by atoms with Gasteiger partial charge in [0.1, 0.15) is 21.2 Å². The molecule has 0 atom stereocenters. The SMILES string of the molecule is Cc1cc(N=Nc2cc(S(=O)(=O)O)c3ccccc3c2N)ccc1-c1ccc(N=Nc2cc(S(=O)(=O)O)c3ccccc3c2N)cc1C.[H-].[Na+]. The minimum absolute atomic E-state index is 0. The van der Waals surface area contributed by atoms with Crippen molar-refractivity contribution in [1.29, 1.82) is 0 Å². The topological polar surface area (TPSA) is 210 Å². The number of nitrogen functional groups attached to an aromatic ring is 2. The summed E-state index contributed by atoms with van der Waals surface area (Å²) in [5.41, 5.74) is 17.8. The van der Waals surface area contributed by atoms with Crippen LogP contribution in [0.2, 0.25) is 0 Å². The number of hydrogen-bond acceptors (Lipinski definition) is 10. The Bertz CT molecular complexity index is 2400. The van der Waals surface area contributed by atoms with Gasteiger partial charge < -0.3 is 12.9 Å². The number of aryl methyl sites for hydroxylation is 2. The predicted octanol–water partition coefficient (Wildman–Crippen LogP) is 5.88. The van der Waals surface area contributed by atoms with E-state index in [1.165, 1.54) is 12.1 Å². The van der Waals surface area contributed by atoms with Crippen molar-refractivity contribution in [2.24, 2.45) is 20.5 Å². The van der Waals surface area contributed by atoms with Gasteiger partial charge in [-0.05, 0) is 72.5 Å². The molecule has 0 aliphatic carbocycles. The maximum Gasteiger partial charge on any atom is 1.00 e. The summed E-state index contributed by atoms with van der Waals surface area (Å²) in [6.45, 7) is 3.83. The first-order valence-electron chi connectivity index (χ1n) is 14.3. The summed E-state index contributed by atoms with van der Waals surface area (Å²) in [7, 11) is -9.09. The minimum Gasteiger partial charge on any atom is -1.00 e. The first-order valence-corrected chi connectivity index (χ1v) is 17.2. The zero-order chi connectivity index (χ0) is 34.4. The van der Waals surface area contributed by atoms with Crippen molar-refractivity contribution in [3.05, 3.63) is 108 Å². The molecule has 12 nitrogen and oxygen atoms in total. The number of fused-ring (bicyclic) bond motifs is 2. The Balaban J connectivity index is 0.00000281. The van der Waals surface area contributed by atoms with Crippen LogP contribution in [0.1, 0.15) is 12.6 Å². The molecule has 6 N–H and O–H groups in total. The fourth-order valence-corrected chi connectivity index (χ4v) is 6.97.